The first kappa shape index (κ1) is 14.3. The highest BCUT2D eigenvalue weighted by atomic mass is 19.1. The van der Waals surface area contributed by atoms with Crippen molar-refractivity contribution in [1.29, 1.82) is 0 Å². The molecule has 0 unspecified atom stereocenters. The van der Waals surface area contributed by atoms with Gasteiger partial charge in [0.1, 0.15) is 5.82 Å². The van der Waals surface area contributed by atoms with Crippen LogP contribution in [0, 0.1) is 11.7 Å². The predicted molar refractivity (Wildman–Crippen MR) is 79.0 cm³/mol. The normalized spacial score (nSPS) is 27.0. The van der Waals surface area contributed by atoms with Gasteiger partial charge < -0.3 is 10.0 Å². The van der Waals surface area contributed by atoms with Gasteiger partial charge in [0.15, 0.2) is 0 Å². The summed E-state index contributed by atoms with van der Waals surface area (Å²) in [6, 6.07) is 7.05. The van der Waals surface area contributed by atoms with Gasteiger partial charge in [0, 0.05) is 37.9 Å². The van der Waals surface area contributed by atoms with Crippen molar-refractivity contribution < 1.29 is 14.3 Å². The Morgan fingerprint density at radius 1 is 1.10 bits per heavy atom. The summed E-state index contributed by atoms with van der Waals surface area (Å²) in [6.07, 6.45) is 2.58. The maximum Gasteiger partial charge on any atom is 0.306 e. The minimum Gasteiger partial charge on any atom is -0.481 e. The summed E-state index contributed by atoms with van der Waals surface area (Å²) in [5.41, 5.74) is 1.06. The number of carboxylic acids is 1. The van der Waals surface area contributed by atoms with Gasteiger partial charge in [0.2, 0.25) is 0 Å². The Balaban J connectivity index is 1.53. The van der Waals surface area contributed by atoms with E-state index in [9.17, 15) is 9.18 Å². The number of anilines is 1. The van der Waals surface area contributed by atoms with Gasteiger partial charge in [-0.15, -0.1) is 0 Å². The fourth-order valence-electron chi connectivity index (χ4n) is 3.51. The van der Waals surface area contributed by atoms with Crippen LogP contribution >= 0.6 is 0 Å². The Labute approximate surface area is 124 Å². The van der Waals surface area contributed by atoms with Crippen molar-refractivity contribution in [3.63, 3.8) is 0 Å². The van der Waals surface area contributed by atoms with E-state index in [4.69, 9.17) is 5.11 Å². The lowest BCUT2D eigenvalue weighted by Crippen LogP contribution is -2.49. The minimum atomic E-state index is -0.651. The maximum atomic E-state index is 12.9. The third-order valence-electron chi connectivity index (χ3n) is 4.78. The van der Waals surface area contributed by atoms with E-state index in [1.807, 2.05) is 12.1 Å². The highest BCUT2D eigenvalue weighted by Gasteiger charge is 2.34. The summed E-state index contributed by atoms with van der Waals surface area (Å²) < 4.78 is 12.9. The zero-order valence-electron chi connectivity index (χ0n) is 12.0. The fraction of sp³-hybridized carbons (Fsp3) is 0.562. The lowest BCUT2D eigenvalue weighted by atomic mass is 10.1. The van der Waals surface area contributed by atoms with E-state index in [0.717, 1.165) is 51.1 Å². The van der Waals surface area contributed by atoms with Crippen LogP contribution in [0.5, 0.6) is 0 Å². The molecule has 0 amide bonds. The lowest BCUT2D eigenvalue weighted by Gasteiger charge is -2.39. The molecule has 1 aromatic rings. The molecule has 2 fully saturated rings. The molecule has 1 N–H and O–H groups in total. The van der Waals surface area contributed by atoms with E-state index in [1.54, 1.807) is 0 Å². The van der Waals surface area contributed by atoms with Crippen LogP contribution in [0.3, 0.4) is 0 Å². The van der Waals surface area contributed by atoms with Crippen LogP contribution in [0.4, 0.5) is 10.1 Å². The third kappa shape index (κ3) is 3.18. The third-order valence-corrected chi connectivity index (χ3v) is 4.78. The van der Waals surface area contributed by atoms with Gasteiger partial charge >= 0.3 is 5.97 Å². The van der Waals surface area contributed by atoms with Crippen molar-refractivity contribution in [2.45, 2.75) is 25.3 Å². The number of hydrogen-bond donors (Lipinski definition) is 1. The average molecular weight is 292 g/mol. The van der Waals surface area contributed by atoms with Crippen molar-refractivity contribution in [3.8, 4) is 0 Å². The largest absolute Gasteiger partial charge is 0.481 e. The Bertz CT molecular complexity index is 498. The van der Waals surface area contributed by atoms with Crippen molar-refractivity contribution in [1.82, 2.24) is 4.90 Å². The van der Waals surface area contributed by atoms with Gasteiger partial charge in [-0.1, -0.05) is 0 Å². The molecule has 1 aliphatic carbocycles. The molecule has 0 radical (unpaired) electrons. The molecular formula is C16H21FN2O2. The number of nitrogens with zero attached hydrogens (tertiary/aromatic N) is 2. The van der Waals surface area contributed by atoms with Crippen molar-refractivity contribution in [3.05, 3.63) is 30.1 Å². The molecule has 1 aliphatic heterocycles. The first-order valence-corrected chi connectivity index (χ1v) is 7.61. The second kappa shape index (κ2) is 6.02. The molecule has 1 saturated carbocycles. The Hall–Kier alpha value is -1.62. The number of piperazine rings is 1. The number of carbonyl (C=O) groups is 1. The van der Waals surface area contributed by atoms with Gasteiger partial charge in [-0.25, -0.2) is 4.39 Å². The fourth-order valence-corrected chi connectivity index (χ4v) is 3.51. The van der Waals surface area contributed by atoms with E-state index in [-0.39, 0.29) is 11.7 Å². The zero-order valence-corrected chi connectivity index (χ0v) is 12.0. The minimum absolute atomic E-state index is 0.162. The molecule has 5 heteroatoms. The molecule has 2 aliphatic rings. The van der Waals surface area contributed by atoms with Gasteiger partial charge in [0.05, 0.1) is 5.92 Å². The summed E-state index contributed by atoms with van der Waals surface area (Å²) in [5.74, 6) is -1.02. The Morgan fingerprint density at radius 2 is 1.76 bits per heavy atom. The molecule has 21 heavy (non-hydrogen) atoms. The molecule has 1 saturated heterocycles. The molecule has 2 atom stereocenters. The zero-order chi connectivity index (χ0) is 14.8. The molecule has 1 heterocycles. The molecule has 4 nitrogen and oxygen atoms in total. The molecule has 3 rings (SSSR count). The highest BCUT2D eigenvalue weighted by Crippen LogP contribution is 2.30. The SMILES string of the molecule is O=C(O)[C@@H]1CC[C@H](N2CCN(c3ccc(F)cc3)CC2)C1. The van der Waals surface area contributed by atoms with Crippen LogP contribution < -0.4 is 4.90 Å². The summed E-state index contributed by atoms with van der Waals surface area (Å²) in [4.78, 5) is 15.7. The number of benzene rings is 1. The first-order chi connectivity index (χ1) is 10.1. The molecular weight excluding hydrogens is 271 g/mol. The monoisotopic (exact) mass is 292 g/mol. The van der Waals surface area contributed by atoms with Gasteiger partial charge in [0.25, 0.3) is 0 Å². The van der Waals surface area contributed by atoms with E-state index < -0.39 is 5.97 Å². The predicted octanol–water partition coefficient (Wildman–Crippen LogP) is 2.20. The Morgan fingerprint density at radius 3 is 2.33 bits per heavy atom. The van der Waals surface area contributed by atoms with Crippen LogP contribution in [-0.2, 0) is 4.79 Å². The quantitative estimate of drug-likeness (QED) is 0.927. The summed E-state index contributed by atoms with van der Waals surface area (Å²) in [6.45, 7) is 3.74. The summed E-state index contributed by atoms with van der Waals surface area (Å²) in [5, 5.41) is 9.09. The smallest absolute Gasteiger partial charge is 0.306 e. The summed E-state index contributed by atoms with van der Waals surface area (Å²) >= 11 is 0. The maximum absolute atomic E-state index is 12.9. The van der Waals surface area contributed by atoms with Gasteiger partial charge in [-0.3, -0.25) is 9.69 Å². The van der Waals surface area contributed by atoms with Crippen molar-refractivity contribution >= 4 is 11.7 Å². The van der Waals surface area contributed by atoms with Crippen LogP contribution in [-0.4, -0.2) is 48.2 Å². The van der Waals surface area contributed by atoms with Gasteiger partial charge in [-0.2, -0.15) is 0 Å². The number of rotatable bonds is 3. The standard InChI is InChI=1S/C16H21FN2O2/c17-13-2-5-14(6-3-13)18-7-9-19(10-8-18)15-4-1-12(11-15)16(20)21/h2-3,5-6,12,15H,1,4,7-11H2,(H,20,21)/t12-,15+/m1/s1. The second-order valence-corrected chi connectivity index (χ2v) is 6.00. The molecule has 1 aromatic carbocycles. The van der Waals surface area contributed by atoms with Crippen LogP contribution in [0.1, 0.15) is 19.3 Å². The lowest BCUT2D eigenvalue weighted by molar-refractivity contribution is -0.141. The van der Waals surface area contributed by atoms with Crippen LogP contribution in [0.2, 0.25) is 0 Å². The van der Waals surface area contributed by atoms with Crippen molar-refractivity contribution in [2.75, 3.05) is 31.1 Å². The second-order valence-electron chi connectivity index (χ2n) is 6.00. The number of carboxylic acid groups (broad SMARTS) is 1. The molecule has 0 aromatic heterocycles. The van der Waals surface area contributed by atoms with Crippen LogP contribution in [0.15, 0.2) is 24.3 Å². The molecule has 0 bridgehead atoms. The van der Waals surface area contributed by atoms with E-state index in [2.05, 4.69) is 9.80 Å². The van der Waals surface area contributed by atoms with Crippen LogP contribution in [0.25, 0.3) is 0 Å². The topological polar surface area (TPSA) is 43.8 Å². The first-order valence-electron chi connectivity index (χ1n) is 7.61. The number of aliphatic carboxylic acids is 1. The molecule has 0 spiro atoms. The van der Waals surface area contributed by atoms with E-state index in [0.29, 0.717) is 6.04 Å². The number of halogens is 1. The van der Waals surface area contributed by atoms with E-state index in [1.165, 1.54) is 12.1 Å². The highest BCUT2D eigenvalue weighted by molar-refractivity contribution is 5.70. The number of hydrogen-bond acceptors (Lipinski definition) is 3. The van der Waals surface area contributed by atoms with E-state index >= 15 is 0 Å². The average Bonchev–Trinajstić information content (AvgIpc) is 2.98. The summed E-state index contributed by atoms with van der Waals surface area (Å²) in [7, 11) is 0. The Kier molecular flexibility index (Phi) is 4.10. The van der Waals surface area contributed by atoms with Crippen molar-refractivity contribution in [2.24, 2.45) is 5.92 Å². The molecule has 114 valence electrons. The van der Waals surface area contributed by atoms with Gasteiger partial charge in [-0.05, 0) is 43.5 Å².